The highest BCUT2D eigenvalue weighted by Gasteiger charge is 2.50. The fraction of sp³-hybridized carbons (Fsp3) is 1.00. The van der Waals surface area contributed by atoms with Crippen LogP contribution < -0.4 is 13.9 Å². The molecule has 0 radical (unpaired) electrons. The zero-order valence-electron chi connectivity index (χ0n) is 17.5. The van der Waals surface area contributed by atoms with Crippen molar-refractivity contribution in [2.75, 3.05) is 0 Å². The molecule has 0 spiro atoms. The molecule has 24 heavy (non-hydrogen) atoms. The summed E-state index contributed by atoms with van der Waals surface area (Å²) in [5, 5.41) is 0. The molecule has 0 aromatic carbocycles. The van der Waals surface area contributed by atoms with Gasteiger partial charge in [0.05, 0.1) is 0 Å². The third-order valence-corrected chi connectivity index (χ3v) is 22.8. The Hall–Kier alpha value is 0.531. The summed E-state index contributed by atoms with van der Waals surface area (Å²) in [6.45, 7) is 14.7. The van der Waals surface area contributed by atoms with Crippen LogP contribution in [0.15, 0.2) is 0 Å². The first-order valence-electron chi connectivity index (χ1n) is 10.7. The highest BCUT2D eigenvalue weighted by molar-refractivity contribution is 7.05. The van der Waals surface area contributed by atoms with Gasteiger partial charge in [0.15, 0.2) is 25.2 Å². The molecule has 6 heteroatoms. The van der Waals surface area contributed by atoms with Gasteiger partial charge in [-0.1, -0.05) is 78.6 Å². The van der Waals surface area contributed by atoms with Gasteiger partial charge in [-0.15, -0.1) is 0 Å². The van der Waals surface area contributed by atoms with Gasteiger partial charge in [0.2, 0.25) is 0 Å². The fourth-order valence-corrected chi connectivity index (χ4v) is 27.4. The monoisotopic (exact) mass is 387 g/mol. The van der Waals surface area contributed by atoms with E-state index in [2.05, 4.69) is 54.4 Å². The molecule has 0 atom stereocenters. The molecule has 0 saturated carbocycles. The van der Waals surface area contributed by atoms with Crippen LogP contribution in [-0.4, -0.2) is 25.2 Å². The van der Waals surface area contributed by atoms with Crippen molar-refractivity contribution in [1.29, 1.82) is 0 Å². The molecule has 3 N–H and O–H groups in total. The highest BCUT2D eigenvalue weighted by Crippen LogP contribution is 2.25. The fourth-order valence-electron chi connectivity index (χ4n) is 4.48. The normalized spacial score (nSPS) is 33.8. The van der Waals surface area contributed by atoms with Gasteiger partial charge < -0.3 is 13.9 Å². The lowest BCUT2D eigenvalue weighted by atomic mass is 10.3. The molecule has 1 aliphatic heterocycles. The molecule has 1 saturated heterocycles. The standard InChI is InChI=1S/C18H45N3Si3/c1-7-10-13-16-22(4)19-23(5,17-14-11-8-2)21-24(6,20-22)18-15-12-9-3/h19-21H,7-18H2,1-6H3. The van der Waals surface area contributed by atoms with E-state index < -0.39 is 25.2 Å². The second-order valence-corrected chi connectivity index (χ2v) is 21.2. The minimum absolute atomic E-state index is 1.33. The summed E-state index contributed by atoms with van der Waals surface area (Å²) >= 11 is 0. The van der Waals surface area contributed by atoms with E-state index in [9.17, 15) is 0 Å². The van der Waals surface area contributed by atoms with E-state index in [0.717, 1.165) is 0 Å². The van der Waals surface area contributed by atoms with E-state index in [1.54, 1.807) is 0 Å². The van der Waals surface area contributed by atoms with Crippen molar-refractivity contribution in [2.45, 2.75) is 116 Å². The number of nitrogens with one attached hydrogen (secondary N) is 3. The Bertz CT molecular complexity index is 294. The Labute approximate surface area is 155 Å². The van der Waals surface area contributed by atoms with E-state index >= 15 is 0 Å². The minimum Gasteiger partial charge on any atom is -0.336 e. The summed E-state index contributed by atoms with van der Waals surface area (Å²) in [7, 11) is -4.51. The van der Waals surface area contributed by atoms with Crippen LogP contribution in [0.5, 0.6) is 0 Å². The molecular weight excluding hydrogens is 342 g/mol. The molecule has 0 bridgehead atoms. The first-order chi connectivity index (χ1) is 11.3. The Morgan fingerprint density at radius 1 is 0.458 bits per heavy atom. The van der Waals surface area contributed by atoms with Crippen molar-refractivity contribution < 1.29 is 0 Å². The molecule has 1 aliphatic rings. The van der Waals surface area contributed by atoms with Crippen molar-refractivity contribution in [1.82, 2.24) is 13.9 Å². The Balaban J connectivity index is 2.80. The third kappa shape index (κ3) is 7.83. The largest absolute Gasteiger partial charge is 0.336 e. The second kappa shape index (κ2) is 10.6. The smallest absolute Gasteiger partial charge is 0.186 e. The maximum atomic E-state index is 4.26. The van der Waals surface area contributed by atoms with Crippen LogP contribution in [0.4, 0.5) is 0 Å². The SMILES string of the molecule is CCCCC[Si]1(C)N[Si](C)(CCCCC)N[Si](C)(CCCCC)N1. The topological polar surface area (TPSA) is 36.1 Å². The highest BCUT2D eigenvalue weighted by atomic mass is 28.5. The van der Waals surface area contributed by atoms with Gasteiger partial charge >= 0.3 is 0 Å². The Kier molecular flexibility index (Phi) is 9.99. The number of unbranched alkanes of at least 4 members (excludes halogenated alkanes) is 6. The van der Waals surface area contributed by atoms with Gasteiger partial charge in [-0.25, -0.2) is 0 Å². The van der Waals surface area contributed by atoms with Crippen LogP contribution >= 0.6 is 0 Å². The number of hydrogen-bond acceptors (Lipinski definition) is 3. The quantitative estimate of drug-likeness (QED) is 0.303. The van der Waals surface area contributed by atoms with Gasteiger partial charge in [0, 0.05) is 0 Å². The lowest BCUT2D eigenvalue weighted by Crippen LogP contribution is -2.89. The molecule has 0 unspecified atom stereocenters. The van der Waals surface area contributed by atoms with Crippen molar-refractivity contribution in [3.63, 3.8) is 0 Å². The van der Waals surface area contributed by atoms with E-state index in [-0.39, 0.29) is 0 Å². The zero-order valence-corrected chi connectivity index (χ0v) is 20.5. The van der Waals surface area contributed by atoms with E-state index in [1.165, 1.54) is 75.9 Å². The maximum absolute atomic E-state index is 4.26. The molecule has 3 nitrogen and oxygen atoms in total. The molecule has 144 valence electrons. The van der Waals surface area contributed by atoms with Crippen molar-refractivity contribution in [3.8, 4) is 0 Å². The van der Waals surface area contributed by atoms with Crippen LogP contribution in [-0.2, 0) is 0 Å². The summed E-state index contributed by atoms with van der Waals surface area (Å²) < 4.78 is 12.8. The molecule has 0 amide bonds. The molecule has 1 fully saturated rings. The van der Waals surface area contributed by atoms with Gasteiger partial charge in [-0.2, -0.15) is 0 Å². The lowest BCUT2D eigenvalue weighted by Gasteiger charge is -2.53. The molecule has 1 heterocycles. The van der Waals surface area contributed by atoms with Crippen molar-refractivity contribution >= 4 is 25.2 Å². The third-order valence-electron chi connectivity index (χ3n) is 5.50. The zero-order chi connectivity index (χ0) is 18.1. The number of hydrogen-bond donors (Lipinski definition) is 3. The van der Waals surface area contributed by atoms with Gasteiger partial charge in [0.25, 0.3) is 0 Å². The summed E-state index contributed by atoms with van der Waals surface area (Å²) in [4.78, 5) is 0. The van der Waals surface area contributed by atoms with Crippen molar-refractivity contribution in [3.05, 3.63) is 0 Å². The van der Waals surface area contributed by atoms with Gasteiger partial charge in [-0.05, 0) is 37.8 Å². The Morgan fingerprint density at radius 3 is 0.917 bits per heavy atom. The summed E-state index contributed by atoms with van der Waals surface area (Å²) in [5.41, 5.74) is 0. The molecular formula is C18H45N3Si3. The molecule has 0 aliphatic carbocycles. The van der Waals surface area contributed by atoms with Crippen LogP contribution in [0, 0.1) is 0 Å². The van der Waals surface area contributed by atoms with E-state index in [1.807, 2.05) is 0 Å². The van der Waals surface area contributed by atoms with Crippen LogP contribution in [0.3, 0.4) is 0 Å². The first-order valence-corrected chi connectivity index (χ1v) is 18.8. The van der Waals surface area contributed by atoms with Gasteiger partial charge in [-0.3, -0.25) is 0 Å². The average molecular weight is 388 g/mol. The van der Waals surface area contributed by atoms with Crippen LogP contribution in [0.2, 0.25) is 37.8 Å². The average Bonchev–Trinajstić information content (AvgIpc) is 2.46. The number of rotatable bonds is 12. The summed E-state index contributed by atoms with van der Waals surface area (Å²) in [6, 6.07) is 4.24. The van der Waals surface area contributed by atoms with E-state index in [0.29, 0.717) is 0 Å². The molecule has 1 rings (SSSR count). The maximum Gasteiger partial charge on any atom is 0.186 e. The predicted molar refractivity (Wildman–Crippen MR) is 117 cm³/mol. The summed E-state index contributed by atoms with van der Waals surface area (Å²) in [5.74, 6) is 0. The first kappa shape index (κ1) is 22.6. The van der Waals surface area contributed by atoms with E-state index in [4.69, 9.17) is 0 Å². The minimum atomic E-state index is -1.50. The summed E-state index contributed by atoms with van der Waals surface area (Å²) in [6.07, 6.45) is 12.4. The molecule has 0 aromatic heterocycles. The second-order valence-electron chi connectivity index (χ2n) is 8.74. The lowest BCUT2D eigenvalue weighted by molar-refractivity contribution is 0.730. The predicted octanol–water partition coefficient (Wildman–Crippen LogP) is 5.56. The van der Waals surface area contributed by atoms with Gasteiger partial charge in [0.1, 0.15) is 0 Å². The Morgan fingerprint density at radius 2 is 0.708 bits per heavy atom. The molecule has 0 aromatic rings. The van der Waals surface area contributed by atoms with Crippen molar-refractivity contribution in [2.24, 2.45) is 0 Å². The van der Waals surface area contributed by atoms with Crippen LogP contribution in [0.1, 0.15) is 78.6 Å². The van der Waals surface area contributed by atoms with Crippen LogP contribution in [0.25, 0.3) is 0 Å².